The van der Waals surface area contributed by atoms with Gasteiger partial charge in [0, 0.05) is 5.56 Å². The summed E-state index contributed by atoms with van der Waals surface area (Å²) in [7, 11) is -3.40. The predicted molar refractivity (Wildman–Crippen MR) is 54.5 cm³/mol. The predicted octanol–water partition coefficient (Wildman–Crippen LogP) is 0.544. The van der Waals surface area contributed by atoms with Gasteiger partial charge >= 0.3 is 0 Å². The number of benzene rings is 1. The maximum Gasteiger partial charge on any atom is 0.259 e. The minimum atomic E-state index is -3.40. The van der Waals surface area contributed by atoms with E-state index >= 15 is 0 Å². The highest BCUT2D eigenvalue weighted by molar-refractivity contribution is 7.89. The summed E-state index contributed by atoms with van der Waals surface area (Å²) in [5.41, 5.74) is 8.07. The Morgan fingerprint density at radius 3 is 2.86 bits per heavy atom. The highest BCUT2D eigenvalue weighted by Gasteiger charge is 2.21. The van der Waals surface area contributed by atoms with Crippen molar-refractivity contribution in [1.82, 2.24) is 0 Å². The average Bonchev–Trinajstić information content (AvgIpc) is 2.05. The van der Waals surface area contributed by atoms with E-state index in [2.05, 4.69) is 4.40 Å². The number of hydrogen-bond acceptors (Lipinski definition) is 3. The maximum absolute atomic E-state index is 11.2. The Morgan fingerprint density at radius 1 is 1.43 bits per heavy atom. The number of nitrogens with two attached hydrogens (primary N) is 1. The summed E-state index contributed by atoms with van der Waals surface area (Å²) in [5.74, 6) is 0.0403. The molecule has 0 atom stereocenters. The molecule has 1 aliphatic heterocycles. The molecule has 5 heteroatoms. The molecular formula is C9H10N2O2S. The third-order valence-corrected chi connectivity index (χ3v) is 3.27. The highest BCUT2D eigenvalue weighted by atomic mass is 32.2. The van der Waals surface area contributed by atoms with Crippen LogP contribution in [0.4, 0.5) is 0 Å². The molecule has 1 aliphatic rings. The second-order valence-electron chi connectivity index (χ2n) is 3.36. The van der Waals surface area contributed by atoms with E-state index in [-0.39, 0.29) is 11.6 Å². The Balaban J connectivity index is 2.68. The second-order valence-corrected chi connectivity index (χ2v) is 5.00. The molecule has 0 unspecified atom stereocenters. The van der Waals surface area contributed by atoms with Crippen LogP contribution < -0.4 is 5.73 Å². The van der Waals surface area contributed by atoms with E-state index in [0.717, 1.165) is 16.7 Å². The Bertz CT molecular complexity index is 518. The van der Waals surface area contributed by atoms with E-state index in [1.807, 2.05) is 19.1 Å². The van der Waals surface area contributed by atoms with Crippen molar-refractivity contribution in [2.24, 2.45) is 10.1 Å². The molecule has 0 amide bonds. The molecule has 1 aromatic rings. The third kappa shape index (κ3) is 1.50. The number of rotatable bonds is 0. The summed E-state index contributed by atoms with van der Waals surface area (Å²) in [6, 6.07) is 5.50. The molecule has 0 aromatic heterocycles. The molecule has 1 aromatic carbocycles. The van der Waals surface area contributed by atoms with Gasteiger partial charge in [0.1, 0.15) is 5.84 Å². The molecule has 1 heterocycles. The van der Waals surface area contributed by atoms with E-state index in [4.69, 9.17) is 5.73 Å². The van der Waals surface area contributed by atoms with Gasteiger partial charge in [0.15, 0.2) is 0 Å². The summed E-state index contributed by atoms with van der Waals surface area (Å²) in [5, 5.41) is 0. The number of aryl methyl sites for hydroxylation is 1. The van der Waals surface area contributed by atoms with Gasteiger partial charge in [0.2, 0.25) is 0 Å². The summed E-state index contributed by atoms with van der Waals surface area (Å²) < 4.78 is 25.9. The Labute approximate surface area is 82.5 Å². The zero-order valence-electron chi connectivity index (χ0n) is 7.69. The summed E-state index contributed by atoms with van der Waals surface area (Å²) >= 11 is 0. The molecule has 4 nitrogen and oxygen atoms in total. The van der Waals surface area contributed by atoms with E-state index < -0.39 is 10.0 Å². The second kappa shape index (κ2) is 2.81. The van der Waals surface area contributed by atoms with E-state index in [0.29, 0.717) is 0 Å². The summed E-state index contributed by atoms with van der Waals surface area (Å²) in [6.45, 7) is 1.93. The highest BCUT2D eigenvalue weighted by Crippen LogP contribution is 2.20. The fraction of sp³-hybridized carbons (Fsp3) is 0.222. The van der Waals surface area contributed by atoms with Crippen LogP contribution in [0.5, 0.6) is 0 Å². The van der Waals surface area contributed by atoms with Crippen LogP contribution in [0.15, 0.2) is 22.6 Å². The molecule has 2 N–H and O–H groups in total. The largest absolute Gasteiger partial charge is 0.383 e. The summed E-state index contributed by atoms with van der Waals surface area (Å²) in [4.78, 5) is 0. The first kappa shape index (κ1) is 9.21. The molecular weight excluding hydrogens is 200 g/mol. The lowest BCUT2D eigenvalue weighted by Gasteiger charge is -2.13. The number of sulfonamides is 1. The molecule has 0 saturated heterocycles. The normalized spacial score (nSPS) is 18.5. The van der Waals surface area contributed by atoms with Crippen LogP contribution in [0.1, 0.15) is 16.7 Å². The number of hydrogen-bond donors (Lipinski definition) is 1. The number of fused-ring (bicyclic) bond motifs is 1. The van der Waals surface area contributed by atoms with Gasteiger partial charge in [-0.05, 0) is 18.6 Å². The molecule has 0 aliphatic carbocycles. The van der Waals surface area contributed by atoms with E-state index in [9.17, 15) is 8.42 Å². The smallest absolute Gasteiger partial charge is 0.259 e. The quantitative estimate of drug-likeness (QED) is 0.679. The molecule has 0 bridgehead atoms. The Kier molecular flexibility index (Phi) is 1.85. The molecule has 0 radical (unpaired) electrons. The van der Waals surface area contributed by atoms with Crippen LogP contribution in [0.2, 0.25) is 0 Å². The van der Waals surface area contributed by atoms with Gasteiger partial charge < -0.3 is 5.73 Å². The SMILES string of the molecule is Cc1ccc2c(c1)C(N)=NS(=O)(=O)C2. The Hall–Kier alpha value is -1.36. The monoisotopic (exact) mass is 210 g/mol. The van der Waals surface area contributed by atoms with Gasteiger partial charge in [-0.2, -0.15) is 0 Å². The summed E-state index contributed by atoms with van der Waals surface area (Å²) in [6.07, 6.45) is 0. The van der Waals surface area contributed by atoms with Crippen LogP contribution in [0.3, 0.4) is 0 Å². The first-order valence-corrected chi connectivity index (χ1v) is 5.77. The average molecular weight is 210 g/mol. The van der Waals surface area contributed by atoms with Crippen molar-refractivity contribution in [3.05, 3.63) is 34.9 Å². The minimum Gasteiger partial charge on any atom is -0.383 e. The van der Waals surface area contributed by atoms with Crippen molar-refractivity contribution in [3.8, 4) is 0 Å². The molecule has 2 rings (SSSR count). The molecule has 74 valence electrons. The van der Waals surface area contributed by atoms with Gasteiger partial charge in [-0.3, -0.25) is 0 Å². The van der Waals surface area contributed by atoms with Crippen molar-refractivity contribution < 1.29 is 8.42 Å². The standard InChI is InChI=1S/C9H10N2O2S/c1-6-2-3-7-5-14(12,13)11-9(10)8(7)4-6/h2-4H,5H2,1H3,(H2,10,11). The lowest BCUT2D eigenvalue weighted by Crippen LogP contribution is -2.23. The number of amidine groups is 1. The van der Waals surface area contributed by atoms with Gasteiger partial charge in [0.05, 0.1) is 5.75 Å². The van der Waals surface area contributed by atoms with Crippen molar-refractivity contribution in [3.63, 3.8) is 0 Å². The maximum atomic E-state index is 11.2. The van der Waals surface area contributed by atoms with Crippen molar-refractivity contribution in [2.75, 3.05) is 0 Å². The first-order chi connectivity index (χ1) is 6.48. The fourth-order valence-corrected chi connectivity index (χ4v) is 2.59. The van der Waals surface area contributed by atoms with Crippen LogP contribution in [0.25, 0.3) is 0 Å². The van der Waals surface area contributed by atoms with Gasteiger partial charge in [-0.25, -0.2) is 8.42 Å². The lowest BCUT2D eigenvalue weighted by atomic mass is 10.1. The van der Waals surface area contributed by atoms with Gasteiger partial charge in [-0.1, -0.05) is 17.7 Å². The third-order valence-electron chi connectivity index (χ3n) is 2.12. The van der Waals surface area contributed by atoms with Crippen molar-refractivity contribution in [1.29, 1.82) is 0 Å². The van der Waals surface area contributed by atoms with Crippen molar-refractivity contribution >= 4 is 15.9 Å². The van der Waals surface area contributed by atoms with Crippen LogP contribution in [-0.4, -0.2) is 14.3 Å². The van der Waals surface area contributed by atoms with E-state index in [1.54, 1.807) is 6.07 Å². The topological polar surface area (TPSA) is 72.5 Å². The van der Waals surface area contributed by atoms with Gasteiger partial charge in [-0.15, -0.1) is 4.40 Å². The molecule has 14 heavy (non-hydrogen) atoms. The van der Waals surface area contributed by atoms with Gasteiger partial charge in [0.25, 0.3) is 10.0 Å². The zero-order valence-corrected chi connectivity index (χ0v) is 8.50. The lowest BCUT2D eigenvalue weighted by molar-refractivity contribution is 0.596. The van der Waals surface area contributed by atoms with Crippen LogP contribution in [0, 0.1) is 6.92 Å². The molecule has 0 spiro atoms. The zero-order chi connectivity index (χ0) is 10.3. The Morgan fingerprint density at radius 2 is 2.14 bits per heavy atom. The van der Waals surface area contributed by atoms with Crippen LogP contribution >= 0.6 is 0 Å². The van der Waals surface area contributed by atoms with Crippen molar-refractivity contribution in [2.45, 2.75) is 12.7 Å². The number of nitrogens with zero attached hydrogens (tertiary/aromatic N) is 1. The fourth-order valence-electron chi connectivity index (χ4n) is 1.48. The molecule has 0 saturated carbocycles. The molecule has 0 fully saturated rings. The minimum absolute atomic E-state index is 0.0523. The first-order valence-electron chi connectivity index (χ1n) is 4.16. The van der Waals surface area contributed by atoms with Crippen LogP contribution in [-0.2, 0) is 15.8 Å². The van der Waals surface area contributed by atoms with E-state index in [1.165, 1.54) is 0 Å².